The maximum Gasteiger partial charge on any atom is 0.309 e. The first-order valence-corrected chi connectivity index (χ1v) is 10.2. The molecular formula is C22H35N3O3. The van der Waals surface area contributed by atoms with E-state index < -0.39 is 11.4 Å². The van der Waals surface area contributed by atoms with Crippen LogP contribution in [0.15, 0.2) is 30.3 Å². The number of carboxylic acid groups (broad SMARTS) is 1. The van der Waals surface area contributed by atoms with Crippen molar-refractivity contribution in [1.29, 1.82) is 0 Å². The third kappa shape index (κ3) is 6.60. The molecule has 1 atom stereocenters. The number of hydrogen-bond acceptors (Lipinski definition) is 4. The van der Waals surface area contributed by atoms with Crippen molar-refractivity contribution in [3.05, 3.63) is 35.9 Å². The lowest BCUT2D eigenvalue weighted by Crippen LogP contribution is -2.56. The molecular weight excluding hydrogens is 354 g/mol. The Labute approximate surface area is 168 Å². The van der Waals surface area contributed by atoms with E-state index in [1.807, 2.05) is 24.8 Å². The lowest BCUT2D eigenvalue weighted by atomic mass is 9.88. The Balaban J connectivity index is 1.91. The van der Waals surface area contributed by atoms with Crippen LogP contribution in [0, 0.1) is 5.41 Å². The van der Waals surface area contributed by atoms with Crippen LogP contribution in [0.1, 0.15) is 46.1 Å². The van der Waals surface area contributed by atoms with Crippen LogP contribution in [0.4, 0.5) is 0 Å². The van der Waals surface area contributed by atoms with Gasteiger partial charge in [0.15, 0.2) is 0 Å². The molecule has 1 amide bonds. The quantitative estimate of drug-likeness (QED) is 0.679. The van der Waals surface area contributed by atoms with E-state index in [9.17, 15) is 14.7 Å². The second-order valence-corrected chi connectivity index (χ2v) is 8.70. The summed E-state index contributed by atoms with van der Waals surface area (Å²) in [7, 11) is 0. The lowest BCUT2D eigenvalue weighted by molar-refractivity contribution is -0.147. The molecule has 1 aliphatic rings. The molecule has 28 heavy (non-hydrogen) atoms. The van der Waals surface area contributed by atoms with Gasteiger partial charge in [0.1, 0.15) is 0 Å². The summed E-state index contributed by atoms with van der Waals surface area (Å²) in [6.45, 7) is 11.7. The highest BCUT2D eigenvalue weighted by atomic mass is 16.4. The lowest BCUT2D eigenvalue weighted by Gasteiger charge is -2.38. The fourth-order valence-electron chi connectivity index (χ4n) is 3.51. The zero-order valence-corrected chi connectivity index (χ0v) is 17.6. The number of nitrogens with zero attached hydrogens (tertiary/aromatic N) is 2. The SMILES string of the molecule is CC(C)N(C[C@@H]1CN(Cc2ccccc2)CCN1)C(=O)CCC(C)(C)C(=O)O. The molecule has 1 saturated heterocycles. The Morgan fingerprint density at radius 1 is 1.29 bits per heavy atom. The van der Waals surface area contributed by atoms with Crippen molar-refractivity contribution in [2.75, 3.05) is 26.2 Å². The molecule has 0 aliphatic carbocycles. The molecule has 2 rings (SSSR count). The van der Waals surface area contributed by atoms with E-state index in [4.69, 9.17) is 0 Å². The molecule has 1 heterocycles. The van der Waals surface area contributed by atoms with Crippen molar-refractivity contribution in [3.8, 4) is 0 Å². The molecule has 0 aromatic heterocycles. The topological polar surface area (TPSA) is 72.9 Å². The van der Waals surface area contributed by atoms with Crippen LogP contribution in [0.5, 0.6) is 0 Å². The number of carboxylic acids is 1. The monoisotopic (exact) mass is 389 g/mol. The highest BCUT2D eigenvalue weighted by molar-refractivity contribution is 5.78. The van der Waals surface area contributed by atoms with Crippen molar-refractivity contribution < 1.29 is 14.7 Å². The first-order valence-electron chi connectivity index (χ1n) is 10.2. The van der Waals surface area contributed by atoms with E-state index in [1.54, 1.807) is 13.8 Å². The maximum atomic E-state index is 12.8. The third-order valence-electron chi connectivity index (χ3n) is 5.49. The molecule has 0 spiro atoms. The molecule has 1 fully saturated rings. The number of carbonyl (C=O) groups is 2. The predicted octanol–water partition coefficient (Wildman–Crippen LogP) is 2.59. The van der Waals surface area contributed by atoms with Crippen molar-refractivity contribution >= 4 is 11.9 Å². The Hall–Kier alpha value is -1.92. The molecule has 1 aromatic carbocycles. The molecule has 0 radical (unpaired) electrons. The second kappa shape index (κ2) is 10.0. The number of benzene rings is 1. The van der Waals surface area contributed by atoms with Gasteiger partial charge < -0.3 is 15.3 Å². The summed E-state index contributed by atoms with van der Waals surface area (Å²) in [6.07, 6.45) is 0.612. The van der Waals surface area contributed by atoms with Crippen LogP contribution in [0.2, 0.25) is 0 Å². The number of hydrogen-bond donors (Lipinski definition) is 2. The average molecular weight is 390 g/mol. The Bertz CT molecular complexity index is 646. The average Bonchev–Trinajstić information content (AvgIpc) is 2.65. The number of amides is 1. The van der Waals surface area contributed by atoms with Gasteiger partial charge in [-0.3, -0.25) is 14.5 Å². The van der Waals surface area contributed by atoms with E-state index in [0.29, 0.717) is 13.0 Å². The molecule has 6 heteroatoms. The van der Waals surface area contributed by atoms with Crippen LogP contribution in [0.3, 0.4) is 0 Å². The largest absolute Gasteiger partial charge is 0.481 e. The fraction of sp³-hybridized carbons (Fsp3) is 0.636. The van der Waals surface area contributed by atoms with Gasteiger partial charge in [0, 0.05) is 51.2 Å². The Kier molecular flexibility index (Phi) is 8.01. The molecule has 1 aromatic rings. The number of nitrogens with one attached hydrogen (secondary N) is 1. The van der Waals surface area contributed by atoms with Gasteiger partial charge in [0.05, 0.1) is 5.41 Å². The highest BCUT2D eigenvalue weighted by Crippen LogP contribution is 2.23. The summed E-state index contributed by atoms with van der Waals surface area (Å²) in [5.74, 6) is -0.826. The third-order valence-corrected chi connectivity index (χ3v) is 5.49. The normalized spacial score (nSPS) is 18.2. The minimum atomic E-state index is -0.881. The first-order chi connectivity index (χ1) is 13.2. The Morgan fingerprint density at radius 3 is 2.57 bits per heavy atom. The van der Waals surface area contributed by atoms with Gasteiger partial charge in [-0.15, -0.1) is 0 Å². The minimum absolute atomic E-state index is 0.0336. The van der Waals surface area contributed by atoms with Crippen LogP contribution < -0.4 is 5.32 Å². The summed E-state index contributed by atoms with van der Waals surface area (Å²) < 4.78 is 0. The van der Waals surface area contributed by atoms with E-state index in [2.05, 4.69) is 34.5 Å². The van der Waals surface area contributed by atoms with Crippen molar-refractivity contribution in [3.63, 3.8) is 0 Å². The summed E-state index contributed by atoms with van der Waals surface area (Å²) in [4.78, 5) is 28.4. The number of piperazine rings is 1. The zero-order valence-electron chi connectivity index (χ0n) is 17.6. The predicted molar refractivity (Wildman–Crippen MR) is 111 cm³/mol. The van der Waals surface area contributed by atoms with Crippen molar-refractivity contribution in [2.45, 2.75) is 59.2 Å². The summed E-state index contributed by atoms with van der Waals surface area (Å²) in [5.41, 5.74) is 0.421. The van der Waals surface area contributed by atoms with Crippen LogP contribution >= 0.6 is 0 Å². The second-order valence-electron chi connectivity index (χ2n) is 8.70. The van der Waals surface area contributed by atoms with E-state index in [1.165, 1.54) is 5.56 Å². The van der Waals surface area contributed by atoms with Gasteiger partial charge in [0.2, 0.25) is 5.91 Å². The van der Waals surface area contributed by atoms with Crippen molar-refractivity contribution in [2.24, 2.45) is 5.41 Å². The van der Waals surface area contributed by atoms with Gasteiger partial charge in [-0.25, -0.2) is 0 Å². The van der Waals surface area contributed by atoms with Crippen LogP contribution in [-0.4, -0.2) is 65.0 Å². The van der Waals surface area contributed by atoms with Gasteiger partial charge in [-0.2, -0.15) is 0 Å². The molecule has 0 bridgehead atoms. The maximum absolute atomic E-state index is 12.8. The van der Waals surface area contributed by atoms with E-state index in [0.717, 1.165) is 26.2 Å². The standard InChI is InChI=1S/C22H35N3O3/c1-17(2)25(20(26)10-11-22(3,4)21(27)28)16-19-15-24(13-12-23-19)14-18-8-6-5-7-9-18/h5-9,17,19,23H,10-16H2,1-4H3,(H,27,28)/t19-/m0/s1. The summed E-state index contributed by atoms with van der Waals surface area (Å²) in [5, 5.41) is 12.8. The zero-order chi connectivity index (χ0) is 20.7. The van der Waals surface area contributed by atoms with E-state index >= 15 is 0 Å². The first kappa shape index (κ1) is 22.4. The molecule has 156 valence electrons. The number of aliphatic carboxylic acids is 1. The molecule has 6 nitrogen and oxygen atoms in total. The van der Waals surface area contributed by atoms with Gasteiger partial charge in [0.25, 0.3) is 0 Å². The van der Waals surface area contributed by atoms with Crippen LogP contribution in [0.25, 0.3) is 0 Å². The van der Waals surface area contributed by atoms with Gasteiger partial charge >= 0.3 is 5.97 Å². The smallest absolute Gasteiger partial charge is 0.309 e. The molecule has 0 unspecified atom stereocenters. The minimum Gasteiger partial charge on any atom is -0.481 e. The van der Waals surface area contributed by atoms with E-state index in [-0.39, 0.29) is 24.4 Å². The van der Waals surface area contributed by atoms with Crippen LogP contribution in [-0.2, 0) is 16.1 Å². The number of rotatable bonds is 9. The van der Waals surface area contributed by atoms with Gasteiger partial charge in [-0.05, 0) is 39.7 Å². The summed E-state index contributed by atoms with van der Waals surface area (Å²) in [6, 6.07) is 10.8. The molecule has 2 N–H and O–H groups in total. The molecule has 0 saturated carbocycles. The summed E-state index contributed by atoms with van der Waals surface area (Å²) >= 11 is 0. The highest BCUT2D eigenvalue weighted by Gasteiger charge is 2.30. The fourth-order valence-corrected chi connectivity index (χ4v) is 3.51. The number of carbonyl (C=O) groups excluding carboxylic acids is 1. The Morgan fingerprint density at radius 2 is 1.96 bits per heavy atom. The van der Waals surface area contributed by atoms with Crippen molar-refractivity contribution in [1.82, 2.24) is 15.1 Å². The molecule has 1 aliphatic heterocycles. The van der Waals surface area contributed by atoms with Gasteiger partial charge in [-0.1, -0.05) is 30.3 Å².